The number of hydrogen-bond donors (Lipinski definition) is 0. The van der Waals surface area contributed by atoms with Gasteiger partial charge >= 0.3 is 0 Å². The van der Waals surface area contributed by atoms with Gasteiger partial charge in [0.25, 0.3) is 0 Å². The van der Waals surface area contributed by atoms with Crippen molar-refractivity contribution >= 4 is 21.6 Å². The molecule has 0 saturated carbocycles. The zero-order valence-corrected chi connectivity index (χ0v) is 14.1. The van der Waals surface area contributed by atoms with Gasteiger partial charge in [-0.15, -0.1) is 11.6 Å². The van der Waals surface area contributed by atoms with Gasteiger partial charge in [0.1, 0.15) is 0 Å². The fourth-order valence-electron chi connectivity index (χ4n) is 2.65. The summed E-state index contributed by atoms with van der Waals surface area (Å²) in [6.45, 7) is 3.75. The van der Waals surface area contributed by atoms with Crippen molar-refractivity contribution in [2.45, 2.75) is 30.5 Å². The van der Waals surface area contributed by atoms with E-state index in [1.165, 1.54) is 0 Å². The van der Waals surface area contributed by atoms with Crippen molar-refractivity contribution in [2.24, 2.45) is 5.92 Å². The van der Waals surface area contributed by atoms with Gasteiger partial charge in [-0.3, -0.25) is 0 Å². The maximum atomic E-state index is 12.7. The average molecular weight is 332 g/mol. The van der Waals surface area contributed by atoms with E-state index in [2.05, 4.69) is 0 Å². The van der Waals surface area contributed by atoms with E-state index in [9.17, 15) is 8.42 Å². The minimum Gasteiger partial charge on any atom is -0.384 e. The monoisotopic (exact) mass is 331 g/mol. The molecule has 1 aromatic carbocycles. The van der Waals surface area contributed by atoms with Crippen LogP contribution < -0.4 is 0 Å². The fourth-order valence-corrected chi connectivity index (χ4v) is 4.46. The van der Waals surface area contributed by atoms with Gasteiger partial charge in [0, 0.05) is 32.7 Å². The summed E-state index contributed by atoms with van der Waals surface area (Å²) in [5.74, 6) is 0.781. The zero-order valence-electron chi connectivity index (χ0n) is 12.5. The maximum Gasteiger partial charge on any atom is 0.243 e. The van der Waals surface area contributed by atoms with Crippen LogP contribution in [-0.2, 0) is 20.6 Å². The topological polar surface area (TPSA) is 46.6 Å². The molecule has 0 bridgehead atoms. The highest BCUT2D eigenvalue weighted by Gasteiger charge is 2.29. The van der Waals surface area contributed by atoms with Crippen LogP contribution in [0.5, 0.6) is 0 Å². The number of methoxy groups -OCH3 is 1. The molecule has 1 saturated heterocycles. The second-order valence-corrected chi connectivity index (χ2v) is 7.73. The summed E-state index contributed by atoms with van der Waals surface area (Å²) in [6, 6.07) is 5.18. The molecule has 118 valence electrons. The number of ether oxygens (including phenoxy) is 1. The van der Waals surface area contributed by atoms with E-state index in [4.69, 9.17) is 16.3 Å². The van der Waals surface area contributed by atoms with Crippen LogP contribution in [0.2, 0.25) is 0 Å². The third kappa shape index (κ3) is 3.77. The van der Waals surface area contributed by atoms with Gasteiger partial charge in [-0.1, -0.05) is 6.07 Å². The van der Waals surface area contributed by atoms with Crippen molar-refractivity contribution in [1.82, 2.24) is 4.31 Å². The Morgan fingerprint density at radius 1 is 1.33 bits per heavy atom. The maximum absolute atomic E-state index is 12.7. The van der Waals surface area contributed by atoms with Gasteiger partial charge in [-0.25, -0.2) is 8.42 Å². The number of rotatable bonds is 5. The molecule has 1 aliphatic rings. The Bertz CT molecular complexity index is 581. The molecule has 0 spiro atoms. The zero-order chi connectivity index (χ0) is 15.5. The third-order valence-corrected chi connectivity index (χ3v) is 6.26. The van der Waals surface area contributed by atoms with Crippen molar-refractivity contribution in [3.63, 3.8) is 0 Å². The Kier molecular flexibility index (Phi) is 5.66. The summed E-state index contributed by atoms with van der Waals surface area (Å²) in [6.07, 6.45) is 1.70. The number of benzene rings is 1. The molecular weight excluding hydrogens is 310 g/mol. The third-order valence-electron chi connectivity index (χ3n) is 4.08. The van der Waals surface area contributed by atoms with Crippen molar-refractivity contribution < 1.29 is 13.2 Å². The minimum absolute atomic E-state index is 0.325. The first-order chi connectivity index (χ1) is 9.98. The van der Waals surface area contributed by atoms with E-state index in [0.29, 0.717) is 36.4 Å². The second-order valence-electron chi connectivity index (χ2n) is 5.52. The quantitative estimate of drug-likeness (QED) is 0.779. The number of aryl methyl sites for hydroxylation is 1. The molecule has 0 aromatic heterocycles. The van der Waals surface area contributed by atoms with E-state index in [-0.39, 0.29) is 0 Å². The van der Waals surface area contributed by atoms with E-state index in [1.54, 1.807) is 23.5 Å². The number of alkyl halides is 1. The van der Waals surface area contributed by atoms with Crippen molar-refractivity contribution in [2.75, 3.05) is 26.8 Å². The molecule has 1 aromatic rings. The second kappa shape index (κ2) is 7.09. The van der Waals surface area contributed by atoms with Gasteiger partial charge in [0.2, 0.25) is 10.0 Å². The van der Waals surface area contributed by atoms with Gasteiger partial charge < -0.3 is 4.74 Å². The highest BCUT2D eigenvalue weighted by molar-refractivity contribution is 7.89. The minimum atomic E-state index is -3.42. The van der Waals surface area contributed by atoms with E-state index >= 15 is 0 Å². The molecule has 1 aliphatic heterocycles. The lowest BCUT2D eigenvalue weighted by Crippen LogP contribution is -2.39. The Hall–Kier alpha value is -0.620. The Balaban J connectivity index is 2.15. The number of halogens is 1. The molecular formula is C15H22ClNO3S. The lowest BCUT2D eigenvalue weighted by atomic mass is 9.99. The Morgan fingerprint density at radius 2 is 2.00 bits per heavy atom. The van der Waals surface area contributed by atoms with Crippen LogP contribution in [0, 0.1) is 12.8 Å². The average Bonchev–Trinajstić information content (AvgIpc) is 2.48. The summed E-state index contributed by atoms with van der Waals surface area (Å²) in [7, 11) is -1.73. The molecule has 1 heterocycles. The molecule has 4 nitrogen and oxygen atoms in total. The largest absolute Gasteiger partial charge is 0.384 e. The molecule has 6 heteroatoms. The number of piperidine rings is 1. The van der Waals surface area contributed by atoms with Gasteiger partial charge in [0.15, 0.2) is 0 Å². The molecule has 2 rings (SSSR count). The van der Waals surface area contributed by atoms with E-state index in [0.717, 1.165) is 24.0 Å². The van der Waals surface area contributed by atoms with Crippen LogP contribution in [0.4, 0.5) is 0 Å². The van der Waals surface area contributed by atoms with Crippen molar-refractivity contribution in [3.8, 4) is 0 Å². The normalized spacial score (nSPS) is 18.0. The standard InChI is InChI=1S/C15H22ClNO3S/c1-12-3-4-15(9-14(12)10-16)21(18,19)17-7-5-13(6-8-17)11-20-2/h3-4,9,13H,5-8,10-11H2,1-2H3. The fraction of sp³-hybridized carbons (Fsp3) is 0.600. The molecule has 0 radical (unpaired) electrons. The summed E-state index contributed by atoms with van der Waals surface area (Å²) in [4.78, 5) is 0.342. The van der Waals surface area contributed by atoms with E-state index < -0.39 is 10.0 Å². The smallest absolute Gasteiger partial charge is 0.243 e. The molecule has 21 heavy (non-hydrogen) atoms. The lowest BCUT2D eigenvalue weighted by molar-refractivity contribution is 0.121. The van der Waals surface area contributed by atoms with Gasteiger partial charge in [-0.2, -0.15) is 4.31 Å². The van der Waals surface area contributed by atoms with Gasteiger partial charge in [-0.05, 0) is 48.9 Å². The van der Waals surface area contributed by atoms with E-state index in [1.807, 2.05) is 13.0 Å². The SMILES string of the molecule is COCC1CCN(S(=O)(=O)c2ccc(C)c(CCl)c2)CC1. The van der Waals surface area contributed by atoms with Crippen molar-refractivity contribution in [3.05, 3.63) is 29.3 Å². The summed E-state index contributed by atoms with van der Waals surface area (Å²) >= 11 is 5.87. The summed E-state index contributed by atoms with van der Waals surface area (Å²) in [5.41, 5.74) is 1.88. The first-order valence-corrected chi connectivity index (χ1v) is 9.11. The number of sulfonamides is 1. The molecule has 0 unspecified atom stereocenters. The molecule has 1 fully saturated rings. The summed E-state index contributed by atoms with van der Waals surface area (Å²) < 4.78 is 32.1. The van der Waals surface area contributed by atoms with Gasteiger partial charge in [0.05, 0.1) is 4.90 Å². The Labute approximate surface area is 132 Å². The Morgan fingerprint density at radius 3 is 2.57 bits per heavy atom. The molecule has 0 aliphatic carbocycles. The van der Waals surface area contributed by atoms with Crippen LogP contribution in [-0.4, -0.2) is 39.5 Å². The van der Waals surface area contributed by atoms with Crippen molar-refractivity contribution in [1.29, 1.82) is 0 Å². The molecule has 0 atom stereocenters. The predicted molar refractivity (Wildman–Crippen MR) is 84.1 cm³/mol. The van der Waals surface area contributed by atoms with Crippen LogP contribution in [0.15, 0.2) is 23.1 Å². The number of nitrogens with zero attached hydrogens (tertiary/aromatic N) is 1. The predicted octanol–water partition coefficient (Wildman–Crippen LogP) is 2.78. The lowest BCUT2D eigenvalue weighted by Gasteiger charge is -2.31. The highest BCUT2D eigenvalue weighted by Crippen LogP contribution is 2.25. The first-order valence-electron chi connectivity index (χ1n) is 7.13. The van der Waals surface area contributed by atoms with Crippen LogP contribution in [0.25, 0.3) is 0 Å². The molecule has 0 amide bonds. The van der Waals surface area contributed by atoms with Crippen LogP contribution in [0.3, 0.4) is 0 Å². The van der Waals surface area contributed by atoms with Crippen LogP contribution >= 0.6 is 11.6 Å². The highest BCUT2D eigenvalue weighted by atomic mass is 35.5. The summed E-state index contributed by atoms with van der Waals surface area (Å²) in [5, 5.41) is 0. The molecule has 0 N–H and O–H groups in total. The first kappa shape index (κ1) is 16.7. The van der Waals surface area contributed by atoms with Crippen LogP contribution in [0.1, 0.15) is 24.0 Å². The number of hydrogen-bond acceptors (Lipinski definition) is 3.